The highest BCUT2D eigenvalue weighted by molar-refractivity contribution is 5.86. The van der Waals surface area contributed by atoms with Crippen LogP contribution in [0.15, 0.2) is 0 Å². The van der Waals surface area contributed by atoms with E-state index in [1.807, 2.05) is 0 Å². The van der Waals surface area contributed by atoms with Crippen LogP contribution >= 0.6 is 0 Å². The molecule has 0 aromatic heterocycles. The Balaban J connectivity index is 1.82. The summed E-state index contributed by atoms with van der Waals surface area (Å²) >= 11 is 0. The van der Waals surface area contributed by atoms with Gasteiger partial charge in [0.2, 0.25) is 5.91 Å². The molecule has 3 heteroatoms. The molecule has 0 spiro atoms. The highest BCUT2D eigenvalue weighted by Gasteiger charge is 2.46. The second-order valence-corrected chi connectivity index (χ2v) is 6.96. The summed E-state index contributed by atoms with van der Waals surface area (Å²) < 4.78 is 0. The fourth-order valence-corrected chi connectivity index (χ4v) is 3.11. The normalized spacial score (nSPS) is 39.8. The van der Waals surface area contributed by atoms with Crippen LogP contribution in [0.3, 0.4) is 0 Å². The molecule has 98 valence electrons. The van der Waals surface area contributed by atoms with Gasteiger partial charge in [0.25, 0.3) is 0 Å². The third kappa shape index (κ3) is 2.82. The van der Waals surface area contributed by atoms with Crippen molar-refractivity contribution < 1.29 is 4.79 Å². The number of nitrogens with one attached hydrogen (secondary N) is 1. The Bertz CT molecular complexity index is 313. The molecule has 17 heavy (non-hydrogen) atoms. The van der Waals surface area contributed by atoms with Gasteiger partial charge >= 0.3 is 0 Å². The van der Waals surface area contributed by atoms with Crippen LogP contribution in [0, 0.1) is 17.3 Å². The van der Waals surface area contributed by atoms with E-state index in [9.17, 15) is 4.79 Å². The molecule has 3 unspecified atom stereocenters. The minimum absolute atomic E-state index is 0.0757. The third-order valence-electron chi connectivity index (χ3n) is 4.71. The fraction of sp³-hybridized carbons (Fsp3) is 0.929. The molecular weight excluding hydrogens is 212 g/mol. The molecule has 0 radical (unpaired) electrons. The number of amides is 1. The third-order valence-corrected chi connectivity index (χ3v) is 4.71. The number of hydrogen-bond donors (Lipinski definition) is 2. The van der Waals surface area contributed by atoms with E-state index in [-0.39, 0.29) is 5.91 Å². The fourth-order valence-electron chi connectivity index (χ4n) is 3.11. The summed E-state index contributed by atoms with van der Waals surface area (Å²) in [7, 11) is 0. The summed E-state index contributed by atoms with van der Waals surface area (Å²) in [4.78, 5) is 12.2. The van der Waals surface area contributed by atoms with Crippen molar-refractivity contribution in [1.29, 1.82) is 0 Å². The van der Waals surface area contributed by atoms with E-state index in [4.69, 9.17) is 5.73 Å². The lowest BCUT2D eigenvalue weighted by molar-refractivity contribution is -0.128. The second kappa shape index (κ2) is 4.27. The maximum atomic E-state index is 12.2. The molecule has 3 nitrogen and oxygen atoms in total. The van der Waals surface area contributed by atoms with Gasteiger partial charge < -0.3 is 11.1 Å². The minimum atomic E-state index is -0.600. The molecule has 2 aliphatic rings. The van der Waals surface area contributed by atoms with Crippen LogP contribution in [0.4, 0.5) is 0 Å². The lowest BCUT2D eigenvalue weighted by Gasteiger charge is -2.35. The highest BCUT2D eigenvalue weighted by atomic mass is 16.2. The van der Waals surface area contributed by atoms with Gasteiger partial charge in [-0.2, -0.15) is 0 Å². The van der Waals surface area contributed by atoms with E-state index >= 15 is 0 Å². The first-order chi connectivity index (χ1) is 7.83. The number of rotatable bonds is 3. The summed E-state index contributed by atoms with van der Waals surface area (Å²) in [6.45, 7) is 7.51. The average Bonchev–Trinajstić information content (AvgIpc) is 2.82. The van der Waals surface area contributed by atoms with Gasteiger partial charge in [0.15, 0.2) is 0 Å². The Hall–Kier alpha value is -0.570. The van der Waals surface area contributed by atoms with Crippen molar-refractivity contribution in [3.63, 3.8) is 0 Å². The van der Waals surface area contributed by atoms with Crippen LogP contribution in [-0.2, 0) is 4.79 Å². The minimum Gasteiger partial charge on any atom is -0.354 e. The van der Waals surface area contributed by atoms with Crippen molar-refractivity contribution >= 4 is 5.91 Å². The Morgan fingerprint density at radius 1 is 1.41 bits per heavy atom. The van der Waals surface area contributed by atoms with Crippen molar-refractivity contribution in [2.45, 2.75) is 58.4 Å². The zero-order chi connectivity index (χ0) is 12.7. The Morgan fingerprint density at radius 3 is 2.59 bits per heavy atom. The van der Waals surface area contributed by atoms with Gasteiger partial charge in [0.1, 0.15) is 0 Å². The van der Waals surface area contributed by atoms with Gasteiger partial charge in [0, 0.05) is 6.54 Å². The van der Waals surface area contributed by atoms with Gasteiger partial charge in [-0.25, -0.2) is 0 Å². The van der Waals surface area contributed by atoms with E-state index in [2.05, 4.69) is 26.1 Å². The predicted octanol–water partition coefficient (Wildman–Crippen LogP) is 2.06. The zero-order valence-corrected chi connectivity index (χ0v) is 11.4. The molecule has 2 saturated carbocycles. The molecule has 0 aliphatic heterocycles. The topological polar surface area (TPSA) is 55.1 Å². The van der Waals surface area contributed by atoms with Crippen LogP contribution in [0.5, 0.6) is 0 Å². The average molecular weight is 238 g/mol. The molecule has 0 aromatic rings. The van der Waals surface area contributed by atoms with Crippen LogP contribution < -0.4 is 11.1 Å². The monoisotopic (exact) mass is 238 g/mol. The maximum Gasteiger partial charge on any atom is 0.240 e. The second-order valence-electron chi connectivity index (χ2n) is 6.96. The van der Waals surface area contributed by atoms with Crippen molar-refractivity contribution in [1.82, 2.24) is 5.32 Å². The highest BCUT2D eigenvalue weighted by Crippen LogP contribution is 2.51. The molecule has 1 amide bonds. The SMILES string of the molecule is CC1CCCC(N)(C(=O)NCC2CC2(C)C)C1. The number of carbonyl (C=O) groups excluding carboxylic acids is 1. The molecule has 3 atom stereocenters. The van der Waals surface area contributed by atoms with E-state index in [1.165, 1.54) is 12.8 Å². The van der Waals surface area contributed by atoms with Crippen LogP contribution in [0.1, 0.15) is 52.9 Å². The lowest BCUT2D eigenvalue weighted by Crippen LogP contribution is -2.56. The summed E-state index contributed by atoms with van der Waals surface area (Å²) in [5, 5.41) is 3.07. The number of hydrogen-bond acceptors (Lipinski definition) is 2. The molecule has 0 aromatic carbocycles. The zero-order valence-electron chi connectivity index (χ0n) is 11.4. The van der Waals surface area contributed by atoms with Gasteiger partial charge in [-0.3, -0.25) is 4.79 Å². The Labute approximate surface area is 105 Å². The van der Waals surface area contributed by atoms with Crippen molar-refractivity contribution in [3.8, 4) is 0 Å². The number of nitrogens with two attached hydrogens (primary N) is 1. The predicted molar refractivity (Wildman–Crippen MR) is 69.4 cm³/mol. The lowest BCUT2D eigenvalue weighted by atomic mass is 9.76. The Morgan fingerprint density at radius 2 is 2.06 bits per heavy atom. The van der Waals surface area contributed by atoms with E-state index in [0.717, 1.165) is 25.8 Å². The van der Waals surface area contributed by atoms with Crippen LogP contribution in [0.2, 0.25) is 0 Å². The van der Waals surface area contributed by atoms with E-state index in [0.29, 0.717) is 17.3 Å². The first kappa shape index (κ1) is 12.9. The molecule has 0 heterocycles. The summed E-state index contributed by atoms with van der Waals surface area (Å²) in [6, 6.07) is 0. The van der Waals surface area contributed by atoms with Crippen molar-refractivity contribution in [2.75, 3.05) is 6.54 Å². The number of carbonyl (C=O) groups is 1. The quantitative estimate of drug-likeness (QED) is 0.790. The summed E-state index contributed by atoms with van der Waals surface area (Å²) in [5.74, 6) is 1.31. The standard InChI is InChI=1S/C14H26N2O/c1-10-5-4-6-14(15,7-10)12(17)16-9-11-8-13(11,2)3/h10-11H,4-9,15H2,1-3H3,(H,16,17). The summed E-state index contributed by atoms with van der Waals surface area (Å²) in [6.07, 6.45) is 5.20. The first-order valence-electron chi connectivity index (χ1n) is 6.91. The van der Waals surface area contributed by atoms with Crippen LogP contribution in [0.25, 0.3) is 0 Å². The van der Waals surface area contributed by atoms with Gasteiger partial charge in [-0.15, -0.1) is 0 Å². The molecule has 2 rings (SSSR count). The molecule has 0 bridgehead atoms. The smallest absolute Gasteiger partial charge is 0.240 e. The van der Waals surface area contributed by atoms with Crippen molar-refractivity contribution in [2.24, 2.45) is 23.0 Å². The summed E-state index contributed by atoms with van der Waals surface area (Å²) in [5.41, 5.74) is 6.08. The molecule has 2 fully saturated rings. The molecule has 0 saturated heterocycles. The molecule has 2 aliphatic carbocycles. The van der Waals surface area contributed by atoms with Gasteiger partial charge in [-0.05, 0) is 36.5 Å². The van der Waals surface area contributed by atoms with Crippen LogP contribution in [-0.4, -0.2) is 18.0 Å². The molecule has 3 N–H and O–H groups in total. The van der Waals surface area contributed by atoms with E-state index < -0.39 is 5.54 Å². The first-order valence-corrected chi connectivity index (χ1v) is 6.91. The van der Waals surface area contributed by atoms with E-state index in [1.54, 1.807) is 0 Å². The van der Waals surface area contributed by atoms with Crippen molar-refractivity contribution in [3.05, 3.63) is 0 Å². The Kier molecular flexibility index (Phi) is 3.23. The van der Waals surface area contributed by atoms with Gasteiger partial charge in [-0.1, -0.05) is 33.6 Å². The van der Waals surface area contributed by atoms with Gasteiger partial charge in [0.05, 0.1) is 5.54 Å². The maximum absolute atomic E-state index is 12.2. The molecular formula is C14H26N2O. The largest absolute Gasteiger partial charge is 0.354 e.